The van der Waals surface area contributed by atoms with Gasteiger partial charge in [0.25, 0.3) is 5.56 Å². The third-order valence-electron chi connectivity index (χ3n) is 2.58. The first-order valence-corrected chi connectivity index (χ1v) is 6.48. The molecule has 0 aliphatic rings. The quantitative estimate of drug-likeness (QED) is 0.828. The molecule has 0 aliphatic heterocycles. The molecule has 1 N–H and O–H groups in total. The first kappa shape index (κ1) is 13.6. The summed E-state index contributed by atoms with van der Waals surface area (Å²) >= 11 is 7.37. The summed E-state index contributed by atoms with van der Waals surface area (Å²) in [4.78, 5) is 24.9. The molecule has 0 saturated carbocycles. The molecule has 6 heteroatoms. The molecule has 16 heavy (non-hydrogen) atoms. The van der Waals surface area contributed by atoms with Crippen molar-refractivity contribution in [2.24, 2.45) is 11.8 Å². The van der Waals surface area contributed by atoms with E-state index in [2.05, 4.69) is 47.4 Å². The van der Waals surface area contributed by atoms with Crippen LogP contribution in [0.25, 0.3) is 0 Å². The van der Waals surface area contributed by atoms with Crippen LogP contribution in [0.4, 0.5) is 0 Å². The lowest BCUT2D eigenvalue weighted by atomic mass is 9.98. The lowest BCUT2D eigenvalue weighted by Gasteiger charge is -2.19. The Balaban J connectivity index is 3.01. The molecular formula is C10H15BrN2O2S. The molecule has 90 valence electrons. The zero-order valence-electron chi connectivity index (χ0n) is 9.24. The third kappa shape index (κ3) is 3.25. The predicted octanol–water partition coefficient (Wildman–Crippen LogP) is 1.50. The van der Waals surface area contributed by atoms with Gasteiger partial charge in [-0.2, -0.15) is 12.6 Å². The molecule has 4 nitrogen and oxygen atoms in total. The Morgan fingerprint density at radius 1 is 1.50 bits per heavy atom. The SMILES string of the molecule is CC(C)C(CS)Cn1cc(Br)c(=O)[nH]c1=O. The van der Waals surface area contributed by atoms with Crippen molar-refractivity contribution >= 4 is 28.6 Å². The normalized spacial score (nSPS) is 13.1. The molecule has 0 saturated heterocycles. The average Bonchev–Trinajstić information content (AvgIpc) is 2.21. The van der Waals surface area contributed by atoms with Crippen molar-refractivity contribution < 1.29 is 0 Å². The number of thiol groups is 1. The maximum absolute atomic E-state index is 11.5. The highest BCUT2D eigenvalue weighted by Gasteiger charge is 2.13. The van der Waals surface area contributed by atoms with Crippen LogP contribution in [-0.4, -0.2) is 15.3 Å². The van der Waals surface area contributed by atoms with Gasteiger partial charge in [-0.3, -0.25) is 14.3 Å². The molecule has 0 aromatic carbocycles. The van der Waals surface area contributed by atoms with E-state index >= 15 is 0 Å². The van der Waals surface area contributed by atoms with Gasteiger partial charge in [0.15, 0.2) is 0 Å². The van der Waals surface area contributed by atoms with Crippen molar-refractivity contribution in [1.82, 2.24) is 9.55 Å². The first-order valence-electron chi connectivity index (χ1n) is 5.05. The fraction of sp³-hybridized carbons (Fsp3) is 0.600. The monoisotopic (exact) mass is 306 g/mol. The summed E-state index contributed by atoms with van der Waals surface area (Å²) in [6.45, 7) is 4.74. The maximum atomic E-state index is 11.5. The van der Waals surface area contributed by atoms with Gasteiger partial charge in [-0.1, -0.05) is 13.8 Å². The smallest absolute Gasteiger partial charge is 0.299 e. The number of nitrogens with zero attached hydrogens (tertiary/aromatic N) is 1. The fourth-order valence-corrected chi connectivity index (χ4v) is 2.23. The van der Waals surface area contributed by atoms with Crippen LogP contribution < -0.4 is 11.2 Å². The lowest BCUT2D eigenvalue weighted by molar-refractivity contribution is 0.364. The van der Waals surface area contributed by atoms with Crippen molar-refractivity contribution in [2.45, 2.75) is 20.4 Å². The molecule has 0 bridgehead atoms. The molecule has 1 unspecified atom stereocenters. The number of rotatable bonds is 4. The van der Waals surface area contributed by atoms with Gasteiger partial charge in [-0.25, -0.2) is 4.79 Å². The summed E-state index contributed by atoms with van der Waals surface area (Å²) in [5, 5.41) is 0. The average molecular weight is 307 g/mol. The summed E-state index contributed by atoms with van der Waals surface area (Å²) in [6, 6.07) is 0. The fourth-order valence-electron chi connectivity index (χ4n) is 1.35. The van der Waals surface area contributed by atoms with Crippen LogP contribution in [0.15, 0.2) is 20.3 Å². The van der Waals surface area contributed by atoms with E-state index in [1.54, 1.807) is 0 Å². The summed E-state index contributed by atoms with van der Waals surface area (Å²) in [7, 11) is 0. The molecular weight excluding hydrogens is 292 g/mol. The Labute approximate surface area is 108 Å². The maximum Gasteiger partial charge on any atom is 0.328 e. The standard InChI is InChI=1S/C10H15BrN2O2S/c1-6(2)7(5-16)3-13-4-8(11)9(14)12-10(13)15/h4,6-7,16H,3,5H2,1-2H3,(H,12,14,15). The number of aromatic amines is 1. The predicted molar refractivity (Wildman–Crippen MR) is 71.2 cm³/mol. The van der Waals surface area contributed by atoms with Gasteiger partial charge < -0.3 is 0 Å². The van der Waals surface area contributed by atoms with E-state index in [4.69, 9.17) is 0 Å². The largest absolute Gasteiger partial charge is 0.328 e. The summed E-state index contributed by atoms with van der Waals surface area (Å²) in [6.07, 6.45) is 1.53. The third-order valence-corrected chi connectivity index (χ3v) is 3.61. The number of aromatic nitrogens is 2. The van der Waals surface area contributed by atoms with E-state index in [9.17, 15) is 9.59 Å². The first-order chi connectivity index (χ1) is 7.45. The second-order valence-electron chi connectivity index (χ2n) is 4.08. The zero-order chi connectivity index (χ0) is 12.3. The summed E-state index contributed by atoms with van der Waals surface area (Å²) in [5.41, 5.74) is -0.770. The van der Waals surface area contributed by atoms with E-state index in [-0.39, 0.29) is 5.69 Å². The van der Waals surface area contributed by atoms with Gasteiger partial charge in [0, 0.05) is 12.7 Å². The van der Waals surface area contributed by atoms with Gasteiger partial charge in [-0.15, -0.1) is 0 Å². The molecule has 1 aromatic heterocycles. The minimum absolute atomic E-state index is 0.304. The molecule has 0 radical (unpaired) electrons. The number of halogens is 1. The van der Waals surface area contributed by atoms with Gasteiger partial charge in [0.05, 0.1) is 4.47 Å². The molecule has 1 rings (SSSR count). The van der Waals surface area contributed by atoms with Crippen LogP contribution >= 0.6 is 28.6 Å². The highest BCUT2D eigenvalue weighted by Crippen LogP contribution is 2.14. The van der Waals surface area contributed by atoms with Crippen molar-refractivity contribution in [2.75, 3.05) is 5.75 Å². The Hall–Kier alpha value is -0.490. The summed E-state index contributed by atoms with van der Waals surface area (Å²) in [5.74, 6) is 1.45. The Morgan fingerprint density at radius 3 is 2.62 bits per heavy atom. The van der Waals surface area contributed by atoms with Crippen LogP contribution in [0.5, 0.6) is 0 Å². The van der Waals surface area contributed by atoms with E-state index in [0.29, 0.717) is 28.6 Å². The Kier molecular flexibility index (Phi) is 4.86. The molecule has 1 atom stereocenters. The summed E-state index contributed by atoms with van der Waals surface area (Å²) < 4.78 is 1.88. The van der Waals surface area contributed by atoms with Crippen molar-refractivity contribution in [3.63, 3.8) is 0 Å². The number of hydrogen-bond acceptors (Lipinski definition) is 3. The molecule has 0 amide bonds. The second kappa shape index (κ2) is 5.72. The van der Waals surface area contributed by atoms with Gasteiger partial charge >= 0.3 is 5.69 Å². The Bertz CT molecular complexity index is 467. The highest BCUT2D eigenvalue weighted by molar-refractivity contribution is 9.10. The topological polar surface area (TPSA) is 54.9 Å². The van der Waals surface area contributed by atoms with Crippen LogP contribution in [0.3, 0.4) is 0 Å². The molecule has 0 spiro atoms. The lowest BCUT2D eigenvalue weighted by Crippen LogP contribution is -2.33. The highest BCUT2D eigenvalue weighted by atomic mass is 79.9. The Morgan fingerprint density at radius 2 is 2.12 bits per heavy atom. The van der Waals surface area contributed by atoms with E-state index < -0.39 is 5.56 Å². The zero-order valence-corrected chi connectivity index (χ0v) is 11.7. The van der Waals surface area contributed by atoms with Gasteiger partial charge in [-0.05, 0) is 33.5 Å². The minimum atomic E-state index is -0.395. The minimum Gasteiger partial charge on any atom is -0.299 e. The van der Waals surface area contributed by atoms with Gasteiger partial charge in [0.1, 0.15) is 0 Å². The molecule has 1 aromatic rings. The van der Waals surface area contributed by atoms with E-state index in [1.807, 2.05) is 0 Å². The number of hydrogen-bond donors (Lipinski definition) is 2. The molecule has 0 fully saturated rings. The van der Waals surface area contributed by atoms with Gasteiger partial charge in [0.2, 0.25) is 0 Å². The van der Waals surface area contributed by atoms with Crippen LogP contribution in [0, 0.1) is 11.8 Å². The van der Waals surface area contributed by atoms with Crippen molar-refractivity contribution in [3.8, 4) is 0 Å². The second-order valence-corrected chi connectivity index (χ2v) is 5.29. The van der Waals surface area contributed by atoms with E-state index in [0.717, 1.165) is 0 Å². The van der Waals surface area contributed by atoms with Crippen molar-refractivity contribution in [3.05, 3.63) is 31.5 Å². The molecule has 0 aliphatic carbocycles. The van der Waals surface area contributed by atoms with Crippen LogP contribution in [0.1, 0.15) is 13.8 Å². The van der Waals surface area contributed by atoms with E-state index in [1.165, 1.54) is 10.8 Å². The van der Waals surface area contributed by atoms with Crippen LogP contribution in [0.2, 0.25) is 0 Å². The molecule has 1 heterocycles. The number of nitrogens with one attached hydrogen (secondary N) is 1. The number of H-pyrrole nitrogens is 1. The van der Waals surface area contributed by atoms with Crippen LogP contribution in [-0.2, 0) is 6.54 Å². The van der Waals surface area contributed by atoms with Crippen molar-refractivity contribution in [1.29, 1.82) is 0 Å².